The average Bonchev–Trinajstić information content (AvgIpc) is 3.81. The number of furan rings is 1. The Labute approximate surface area is 263 Å². The predicted octanol–water partition coefficient (Wildman–Crippen LogP) is 11.4. The van der Waals surface area contributed by atoms with Crippen molar-refractivity contribution in [3.63, 3.8) is 0 Å². The Hall–Kier alpha value is -6.33. The molecule has 0 aliphatic rings. The van der Waals surface area contributed by atoms with Gasteiger partial charge in [0.1, 0.15) is 16.7 Å². The summed E-state index contributed by atoms with van der Waals surface area (Å²) in [5.41, 5.74) is 8.60. The molecule has 0 aliphatic carbocycles. The summed E-state index contributed by atoms with van der Waals surface area (Å²) < 4.78 is 15.1. The standard InChI is InChI=1S/C41H25N3O2/c1-2-10-30-26(9-1)17-23-35-40(30)46-41(42-35)43(29-22-24-39-34(25-29)33-13-5-8-16-38(33)45-39)27-18-20-28(21-19-27)44-36-14-6-3-11-31(36)32-12-4-7-15-37(32)44/h1-25H. The van der Waals surface area contributed by atoms with Crippen LogP contribution in [0.5, 0.6) is 0 Å². The van der Waals surface area contributed by atoms with Crippen LogP contribution in [0.3, 0.4) is 0 Å². The zero-order valence-electron chi connectivity index (χ0n) is 24.6. The van der Waals surface area contributed by atoms with E-state index in [1.807, 2.05) is 42.5 Å². The van der Waals surface area contributed by atoms with Crippen LogP contribution in [0.25, 0.3) is 71.3 Å². The molecule has 216 valence electrons. The van der Waals surface area contributed by atoms with Crippen LogP contribution >= 0.6 is 0 Å². The van der Waals surface area contributed by atoms with E-state index in [-0.39, 0.29) is 0 Å². The molecule has 5 heteroatoms. The van der Waals surface area contributed by atoms with Gasteiger partial charge in [-0.05, 0) is 72.1 Å². The van der Waals surface area contributed by atoms with E-state index in [0.717, 1.165) is 60.9 Å². The number of aromatic nitrogens is 2. The van der Waals surface area contributed by atoms with Gasteiger partial charge in [0.05, 0.1) is 22.4 Å². The van der Waals surface area contributed by atoms with Gasteiger partial charge in [-0.2, -0.15) is 4.98 Å². The molecule has 0 saturated carbocycles. The first-order chi connectivity index (χ1) is 22.8. The van der Waals surface area contributed by atoms with Crippen molar-refractivity contribution < 1.29 is 8.83 Å². The second-order valence-electron chi connectivity index (χ2n) is 11.6. The van der Waals surface area contributed by atoms with Gasteiger partial charge in [-0.1, -0.05) is 84.9 Å². The number of benzene rings is 7. The topological polar surface area (TPSA) is 47.3 Å². The summed E-state index contributed by atoms with van der Waals surface area (Å²) in [6, 6.07) is 53.1. The number of hydrogen-bond acceptors (Lipinski definition) is 4. The zero-order valence-corrected chi connectivity index (χ0v) is 24.6. The third-order valence-electron chi connectivity index (χ3n) is 9.02. The number of rotatable bonds is 4. The lowest BCUT2D eigenvalue weighted by atomic mass is 10.1. The highest BCUT2D eigenvalue weighted by molar-refractivity contribution is 6.09. The highest BCUT2D eigenvalue weighted by atomic mass is 16.4. The van der Waals surface area contributed by atoms with Crippen molar-refractivity contribution in [2.45, 2.75) is 0 Å². The van der Waals surface area contributed by atoms with Crippen LogP contribution in [0, 0.1) is 0 Å². The minimum Gasteiger partial charge on any atom is -0.456 e. The summed E-state index contributed by atoms with van der Waals surface area (Å²) in [4.78, 5) is 7.12. The molecule has 5 nitrogen and oxygen atoms in total. The minimum atomic E-state index is 0.503. The summed E-state index contributed by atoms with van der Waals surface area (Å²) in [6.45, 7) is 0. The maximum absolute atomic E-state index is 6.64. The smallest absolute Gasteiger partial charge is 0.307 e. The van der Waals surface area contributed by atoms with Gasteiger partial charge in [0, 0.05) is 32.6 Å². The molecule has 0 fully saturated rings. The van der Waals surface area contributed by atoms with Crippen LogP contribution in [0.2, 0.25) is 0 Å². The van der Waals surface area contributed by atoms with Crippen molar-refractivity contribution in [2.75, 3.05) is 4.90 Å². The molecule has 0 bridgehead atoms. The Balaban J connectivity index is 1.18. The van der Waals surface area contributed by atoms with Gasteiger partial charge in [0.2, 0.25) is 0 Å². The Morgan fingerprint density at radius 1 is 0.478 bits per heavy atom. The third-order valence-corrected chi connectivity index (χ3v) is 9.02. The van der Waals surface area contributed by atoms with Crippen molar-refractivity contribution >= 4 is 83.0 Å². The maximum atomic E-state index is 6.64. The lowest BCUT2D eigenvalue weighted by molar-refractivity contribution is 0.611. The zero-order chi connectivity index (χ0) is 30.2. The second kappa shape index (κ2) is 9.58. The van der Waals surface area contributed by atoms with E-state index < -0.39 is 0 Å². The van der Waals surface area contributed by atoms with E-state index in [0.29, 0.717) is 6.01 Å². The summed E-state index contributed by atoms with van der Waals surface area (Å²) in [5.74, 6) is 0. The Kier molecular flexibility index (Phi) is 5.22. The normalized spacial score (nSPS) is 11.9. The lowest BCUT2D eigenvalue weighted by Gasteiger charge is -2.21. The molecule has 0 saturated heterocycles. The maximum Gasteiger partial charge on any atom is 0.307 e. The fourth-order valence-electron chi connectivity index (χ4n) is 6.91. The molecule has 0 N–H and O–H groups in total. The summed E-state index contributed by atoms with van der Waals surface area (Å²) >= 11 is 0. The molecule has 0 unspecified atom stereocenters. The molecule has 3 heterocycles. The van der Waals surface area contributed by atoms with Crippen LogP contribution in [0.15, 0.2) is 160 Å². The molecule has 0 radical (unpaired) electrons. The Bertz CT molecular complexity index is 2710. The minimum absolute atomic E-state index is 0.503. The Morgan fingerprint density at radius 3 is 1.89 bits per heavy atom. The van der Waals surface area contributed by atoms with Crippen LogP contribution in [0.4, 0.5) is 17.4 Å². The Morgan fingerprint density at radius 2 is 1.11 bits per heavy atom. The first kappa shape index (κ1) is 25.0. The summed E-state index contributed by atoms with van der Waals surface area (Å²) in [6.07, 6.45) is 0. The van der Waals surface area contributed by atoms with Crippen LogP contribution in [-0.4, -0.2) is 9.55 Å². The molecule has 3 aromatic heterocycles. The van der Waals surface area contributed by atoms with Crippen molar-refractivity contribution in [1.82, 2.24) is 9.55 Å². The van der Waals surface area contributed by atoms with E-state index in [4.69, 9.17) is 13.8 Å². The van der Waals surface area contributed by atoms with Crippen LogP contribution in [-0.2, 0) is 0 Å². The highest BCUT2D eigenvalue weighted by Gasteiger charge is 2.22. The van der Waals surface area contributed by atoms with E-state index in [1.54, 1.807) is 0 Å². The number of oxazole rings is 1. The van der Waals surface area contributed by atoms with Gasteiger partial charge >= 0.3 is 6.01 Å². The fraction of sp³-hybridized carbons (Fsp3) is 0. The van der Waals surface area contributed by atoms with Gasteiger partial charge in [-0.15, -0.1) is 0 Å². The number of hydrogen-bond donors (Lipinski definition) is 0. The number of nitrogens with zero attached hydrogens (tertiary/aromatic N) is 3. The quantitative estimate of drug-likeness (QED) is 0.204. The molecule has 0 spiro atoms. The fourth-order valence-corrected chi connectivity index (χ4v) is 6.91. The van der Waals surface area contributed by atoms with Crippen molar-refractivity contribution in [1.29, 1.82) is 0 Å². The first-order valence-electron chi connectivity index (χ1n) is 15.4. The van der Waals surface area contributed by atoms with E-state index >= 15 is 0 Å². The molecule has 10 rings (SSSR count). The van der Waals surface area contributed by atoms with Gasteiger partial charge in [0.25, 0.3) is 0 Å². The van der Waals surface area contributed by atoms with Crippen LogP contribution < -0.4 is 4.90 Å². The molecule has 0 amide bonds. The van der Waals surface area contributed by atoms with Crippen molar-refractivity contribution in [3.05, 3.63) is 152 Å². The number of fused-ring (bicyclic) bond motifs is 9. The predicted molar refractivity (Wildman–Crippen MR) is 188 cm³/mol. The monoisotopic (exact) mass is 591 g/mol. The molecule has 10 aromatic rings. The molecule has 0 atom stereocenters. The van der Waals surface area contributed by atoms with E-state index in [2.05, 4.69) is 119 Å². The van der Waals surface area contributed by atoms with Gasteiger partial charge in [-0.3, -0.25) is 4.90 Å². The summed E-state index contributed by atoms with van der Waals surface area (Å²) in [5, 5.41) is 6.75. The third kappa shape index (κ3) is 3.66. The first-order valence-corrected chi connectivity index (χ1v) is 15.4. The molecule has 0 aliphatic heterocycles. The van der Waals surface area contributed by atoms with Gasteiger partial charge < -0.3 is 13.4 Å². The highest BCUT2D eigenvalue weighted by Crippen LogP contribution is 2.41. The van der Waals surface area contributed by atoms with Gasteiger partial charge in [-0.25, -0.2) is 0 Å². The van der Waals surface area contributed by atoms with Gasteiger partial charge in [0.15, 0.2) is 5.58 Å². The second-order valence-corrected chi connectivity index (χ2v) is 11.6. The summed E-state index contributed by atoms with van der Waals surface area (Å²) in [7, 11) is 0. The van der Waals surface area contributed by atoms with Crippen LogP contribution in [0.1, 0.15) is 0 Å². The lowest BCUT2D eigenvalue weighted by Crippen LogP contribution is -2.10. The molecular weight excluding hydrogens is 566 g/mol. The molecular formula is C41H25N3O2. The largest absolute Gasteiger partial charge is 0.456 e. The molecule has 7 aromatic carbocycles. The number of anilines is 3. The van der Waals surface area contributed by atoms with Crippen molar-refractivity contribution in [2.24, 2.45) is 0 Å². The number of para-hydroxylation sites is 3. The SMILES string of the molecule is c1ccc2c(c1)ccc1nc(N(c3ccc(-n4c5ccccc5c5ccccc54)cc3)c3ccc4oc5ccccc5c4c3)oc12. The van der Waals surface area contributed by atoms with E-state index in [9.17, 15) is 0 Å². The van der Waals surface area contributed by atoms with E-state index in [1.165, 1.54) is 21.8 Å². The van der Waals surface area contributed by atoms with Crippen molar-refractivity contribution in [3.8, 4) is 5.69 Å². The average molecular weight is 592 g/mol. The molecule has 46 heavy (non-hydrogen) atoms.